The predicted octanol–water partition coefficient (Wildman–Crippen LogP) is 3.70. The maximum atomic E-state index is 10.4. The van der Waals surface area contributed by atoms with Crippen LogP contribution in [0.25, 0.3) is 0 Å². The Morgan fingerprint density at radius 2 is 2.30 bits per heavy atom. The fraction of sp³-hybridized carbons (Fsp3) is 0.467. The van der Waals surface area contributed by atoms with Crippen LogP contribution < -0.4 is 11.2 Å². The topological polar surface area (TPSA) is 67.5 Å². The number of halogens is 1. The Balaban J connectivity index is 2.68. The van der Waals surface area contributed by atoms with Gasteiger partial charge in [-0.2, -0.15) is 5.10 Å². The van der Waals surface area contributed by atoms with Crippen LogP contribution in [0.5, 0.6) is 0 Å². The van der Waals surface area contributed by atoms with Crippen molar-refractivity contribution in [3.05, 3.63) is 34.9 Å². The van der Waals surface area contributed by atoms with E-state index in [4.69, 9.17) is 17.3 Å². The Labute approximate surface area is 125 Å². The van der Waals surface area contributed by atoms with Gasteiger partial charge >= 0.3 is 6.03 Å². The van der Waals surface area contributed by atoms with E-state index in [1.807, 2.05) is 6.08 Å². The Bertz CT molecular complexity index is 476. The van der Waals surface area contributed by atoms with Gasteiger partial charge in [-0.15, -0.1) is 0 Å². The molecule has 1 rings (SSSR count). The zero-order valence-electron chi connectivity index (χ0n) is 12.2. The first kappa shape index (κ1) is 16.5. The molecule has 0 saturated heterocycles. The number of hydrogen-bond donors (Lipinski definition) is 2. The summed E-state index contributed by atoms with van der Waals surface area (Å²) in [6.45, 7) is 6.70. The number of rotatable bonds is 4. The highest BCUT2D eigenvalue weighted by Gasteiger charge is 2.30. The second-order valence-corrected chi connectivity index (χ2v) is 6.05. The first-order valence-corrected chi connectivity index (χ1v) is 7.00. The van der Waals surface area contributed by atoms with E-state index in [9.17, 15) is 4.79 Å². The van der Waals surface area contributed by atoms with Crippen molar-refractivity contribution in [2.45, 2.75) is 33.6 Å². The van der Waals surface area contributed by atoms with Gasteiger partial charge in [0.25, 0.3) is 0 Å². The molecule has 0 aromatic carbocycles. The summed E-state index contributed by atoms with van der Waals surface area (Å²) in [5, 5.41) is 4.14. The molecule has 2 amide bonds. The fourth-order valence-electron chi connectivity index (χ4n) is 2.44. The summed E-state index contributed by atoms with van der Waals surface area (Å²) in [4.78, 5) is 10.4. The summed E-state index contributed by atoms with van der Waals surface area (Å²) >= 11 is 6.08. The Morgan fingerprint density at radius 1 is 1.60 bits per heavy atom. The average Bonchev–Trinajstić information content (AvgIpc) is 2.33. The highest BCUT2D eigenvalue weighted by atomic mass is 35.5. The number of allylic oxidation sites excluding steroid dienone is 6. The molecule has 1 aliphatic rings. The van der Waals surface area contributed by atoms with Gasteiger partial charge in [-0.25, -0.2) is 10.2 Å². The minimum Gasteiger partial charge on any atom is -0.350 e. The quantitative estimate of drug-likeness (QED) is 0.353. The molecule has 1 unspecified atom stereocenters. The second-order valence-electron chi connectivity index (χ2n) is 5.62. The smallest absolute Gasteiger partial charge is 0.332 e. The number of amides is 2. The van der Waals surface area contributed by atoms with Gasteiger partial charge in [0.15, 0.2) is 0 Å². The largest absolute Gasteiger partial charge is 0.350 e. The highest BCUT2D eigenvalue weighted by Crippen LogP contribution is 2.41. The summed E-state index contributed by atoms with van der Waals surface area (Å²) in [5.41, 5.74) is 8.60. The van der Waals surface area contributed by atoms with E-state index in [1.165, 1.54) is 18.2 Å². The van der Waals surface area contributed by atoms with Crippen LogP contribution in [0.2, 0.25) is 0 Å². The van der Waals surface area contributed by atoms with Crippen molar-refractivity contribution in [2.75, 3.05) is 0 Å². The first-order chi connectivity index (χ1) is 9.33. The maximum absolute atomic E-state index is 10.4. The van der Waals surface area contributed by atoms with Crippen LogP contribution >= 0.6 is 11.6 Å². The highest BCUT2D eigenvalue weighted by molar-refractivity contribution is 6.32. The van der Waals surface area contributed by atoms with E-state index in [-0.39, 0.29) is 5.41 Å². The summed E-state index contributed by atoms with van der Waals surface area (Å²) < 4.78 is 0. The Kier molecular flexibility index (Phi) is 6.02. The van der Waals surface area contributed by atoms with Gasteiger partial charge in [0.05, 0.1) is 0 Å². The standard InChI is InChI=1S/C15H22ClN3O/c1-11-5-4-9-15(2,3)13(11)7-6-12(16)8-10-18-19-14(17)20/h5-8,10,13H,4,9H2,1-3H3,(H3,17,19,20)/b7-6+,12-8-,18-10+. The minimum atomic E-state index is -0.703. The maximum Gasteiger partial charge on any atom is 0.332 e. The number of nitrogens with one attached hydrogen (secondary N) is 1. The van der Waals surface area contributed by atoms with Crippen molar-refractivity contribution in [2.24, 2.45) is 22.2 Å². The second kappa shape index (κ2) is 7.29. The fourth-order valence-corrected chi connectivity index (χ4v) is 2.57. The number of carbonyl (C=O) groups excluding carboxylic acids is 1. The van der Waals surface area contributed by atoms with Gasteiger partial charge in [0.2, 0.25) is 0 Å². The van der Waals surface area contributed by atoms with E-state index in [1.54, 1.807) is 6.08 Å². The van der Waals surface area contributed by atoms with E-state index in [2.05, 4.69) is 43.5 Å². The van der Waals surface area contributed by atoms with E-state index < -0.39 is 6.03 Å². The van der Waals surface area contributed by atoms with Gasteiger partial charge in [-0.3, -0.25) is 0 Å². The molecule has 0 bridgehead atoms. The Hall–Kier alpha value is -1.55. The molecular formula is C15H22ClN3O. The number of primary amides is 1. The molecule has 0 radical (unpaired) electrons. The van der Waals surface area contributed by atoms with Crippen molar-refractivity contribution < 1.29 is 4.79 Å². The molecule has 0 aromatic heterocycles. The number of nitrogens with zero attached hydrogens (tertiary/aromatic N) is 1. The number of hydrazone groups is 1. The summed E-state index contributed by atoms with van der Waals surface area (Å²) in [5.74, 6) is 0.388. The average molecular weight is 296 g/mol. The predicted molar refractivity (Wildman–Crippen MR) is 84.5 cm³/mol. The molecule has 5 heteroatoms. The summed E-state index contributed by atoms with van der Waals surface area (Å²) in [6.07, 6.45) is 11.6. The minimum absolute atomic E-state index is 0.244. The third-order valence-corrected chi connectivity index (χ3v) is 3.77. The molecule has 0 fully saturated rings. The van der Waals surface area contributed by atoms with Crippen LogP contribution in [0.15, 0.2) is 40.0 Å². The molecule has 0 aromatic rings. The van der Waals surface area contributed by atoms with Gasteiger partial charge in [-0.1, -0.05) is 43.2 Å². The normalized spacial score (nSPS) is 23.1. The molecule has 0 spiro atoms. The monoisotopic (exact) mass is 295 g/mol. The van der Waals surface area contributed by atoms with Gasteiger partial charge < -0.3 is 5.73 Å². The van der Waals surface area contributed by atoms with Gasteiger partial charge in [-0.05, 0) is 37.3 Å². The van der Waals surface area contributed by atoms with Crippen LogP contribution in [-0.4, -0.2) is 12.2 Å². The third-order valence-electron chi connectivity index (χ3n) is 3.52. The number of nitrogens with two attached hydrogens (primary N) is 1. The lowest BCUT2D eigenvalue weighted by molar-refractivity contribution is 0.249. The zero-order valence-corrected chi connectivity index (χ0v) is 12.9. The number of urea groups is 1. The molecule has 0 heterocycles. The molecule has 20 heavy (non-hydrogen) atoms. The van der Waals surface area contributed by atoms with Crippen LogP contribution in [0.3, 0.4) is 0 Å². The van der Waals surface area contributed by atoms with Crippen LogP contribution in [0.4, 0.5) is 4.79 Å². The number of hydrogen-bond acceptors (Lipinski definition) is 2. The molecule has 4 nitrogen and oxygen atoms in total. The molecule has 1 aliphatic carbocycles. The van der Waals surface area contributed by atoms with Crippen molar-refractivity contribution in [1.29, 1.82) is 0 Å². The lowest BCUT2D eigenvalue weighted by Crippen LogP contribution is -2.26. The van der Waals surface area contributed by atoms with Crippen molar-refractivity contribution >= 4 is 23.8 Å². The first-order valence-electron chi connectivity index (χ1n) is 6.62. The van der Waals surface area contributed by atoms with E-state index >= 15 is 0 Å². The Morgan fingerprint density at radius 3 is 2.90 bits per heavy atom. The molecular weight excluding hydrogens is 274 g/mol. The molecule has 1 atom stereocenters. The lowest BCUT2D eigenvalue weighted by atomic mass is 9.68. The third kappa shape index (κ3) is 5.21. The lowest BCUT2D eigenvalue weighted by Gasteiger charge is -2.36. The van der Waals surface area contributed by atoms with Crippen molar-refractivity contribution in [1.82, 2.24) is 5.43 Å². The summed E-state index contributed by atoms with van der Waals surface area (Å²) in [6, 6.07) is -0.703. The zero-order chi connectivity index (χ0) is 15.2. The van der Waals surface area contributed by atoms with Crippen LogP contribution in [0.1, 0.15) is 33.6 Å². The van der Waals surface area contributed by atoms with E-state index in [0.717, 1.165) is 6.42 Å². The van der Waals surface area contributed by atoms with Crippen LogP contribution in [-0.2, 0) is 0 Å². The van der Waals surface area contributed by atoms with Crippen molar-refractivity contribution in [3.8, 4) is 0 Å². The molecule has 110 valence electrons. The SMILES string of the molecule is CC1=CCCC(C)(C)C1/C=C/C(Cl)=C/C=N/NC(N)=O. The van der Waals surface area contributed by atoms with Crippen molar-refractivity contribution in [3.63, 3.8) is 0 Å². The molecule has 3 N–H and O–H groups in total. The molecule has 0 aliphatic heterocycles. The van der Waals surface area contributed by atoms with E-state index in [0.29, 0.717) is 11.0 Å². The van der Waals surface area contributed by atoms with Gasteiger partial charge in [0.1, 0.15) is 0 Å². The molecule has 0 saturated carbocycles. The summed E-state index contributed by atoms with van der Waals surface area (Å²) in [7, 11) is 0. The number of carbonyl (C=O) groups is 1. The van der Waals surface area contributed by atoms with Gasteiger partial charge in [0, 0.05) is 17.2 Å². The van der Waals surface area contributed by atoms with Crippen LogP contribution in [0, 0.1) is 11.3 Å².